The average Bonchev–Trinajstić information content (AvgIpc) is 3.48. The number of amides is 2. The molecule has 3 aromatic rings. The van der Waals surface area contributed by atoms with E-state index in [0.29, 0.717) is 0 Å². The van der Waals surface area contributed by atoms with Gasteiger partial charge >= 0.3 is 0 Å². The summed E-state index contributed by atoms with van der Waals surface area (Å²) in [7, 11) is -4.31. The van der Waals surface area contributed by atoms with Gasteiger partial charge in [-0.25, -0.2) is 17.2 Å². The SMILES string of the molecule is O=C(Nc1ccc(F)c(NS(=O)(=O)c2ccccc2)c1F)c1cc(NC(=O)[C@H]2CC2(Cl)Cl)ccc1Cl. The number of sulfonamides is 1. The van der Waals surface area contributed by atoms with Gasteiger partial charge in [0, 0.05) is 5.69 Å². The number of nitrogens with one attached hydrogen (secondary N) is 3. The second-order valence-corrected chi connectivity index (χ2v) is 11.5. The van der Waals surface area contributed by atoms with Crippen LogP contribution in [0.25, 0.3) is 0 Å². The lowest BCUT2D eigenvalue weighted by molar-refractivity contribution is -0.117. The highest BCUT2D eigenvalue weighted by atomic mass is 35.5. The second kappa shape index (κ2) is 9.85. The Labute approximate surface area is 219 Å². The van der Waals surface area contributed by atoms with Crippen molar-refractivity contribution in [2.45, 2.75) is 15.6 Å². The van der Waals surface area contributed by atoms with E-state index in [2.05, 4.69) is 10.6 Å². The molecule has 1 saturated carbocycles. The van der Waals surface area contributed by atoms with Gasteiger partial charge in [-0.1, -0.05) is 29.8 Å². The minimum atomic E-state index is -4.31. The van der Waals surface area contributed by atoms with Gasteiger partial charge in [0.1, 0.15) is 15.8 Å². The summed E-state index contributed by atoms with van der Waals surface area (Å²) in [6.45, 7) is 0. The molecule has 0 aliphatic heterocycles. The number of carbonyl (C=O) groups excluding carboxylic acids is 2. The predicted octanol–water partition coefficient (Wildman–Crippen LogP) is 5.80. The molecule has 2 amide bonds. The number of halogens is 5. The van der Waals surface area contributed by atoms with Crippen LogP contribution < -0.4 is 15.4 Å². The molecule has 1 atom stereocenters. The monoisotopic (exact) mass is 573 g/mol. The highest BCUT2D eigenvalue weighted by molar-refractivity contribution is 7.92. The van der Waals surface area contributed by atoms with Crippen molar-refractivity contribution in [1.82, 2.24) is 0 Å². The minimum absolute atomic E-state index is 0.0199. The molecule has 3 N–H and O–H groups in total. The quantitative estimate of drug-likeness (QED) is 0.310. The number of carbonyl (C=O) groups is 2. The van der Waals surface area contributed by atoms with Gasteiger partial charge in [0.2, 0.25) is 5.91 Å². The van der Waals surface area contributed by atoms with E-state index in [1.165, 1.54) is 42.5 Å². The molecule has 0 bridgehead atoms. The Kier molecular flexibility index (Phi) is 7.16. The van der Waals surface area contributed by atoms with E-state index in [4.69, 9.17) is 34.8 Å². The Bertz CT molecular complexity index is 1470. The first-order valence-electron chi connectivity index (χ1n) is 10.2. The first-order valence-corrected chi connectivity index (χ1v) is 12.9. The molecule has 1 fully saturated rings. The molecule has 0 radical (unpaired) electrons. The fourth-order valence-corrected chi connectivity index (χ4v) is 5.03. The van der Waals surface area contributed by atoms with E-state index in [1.807, 2.05) is 4.72 Å². The number of alkyl halides is 2. The van der Waals surface area contributed by atoms with Crippen LogP contribution >= 0.6 is 34.8 Å². The molecule has 0 aromatic heterocycles. The molecule has 0 heterocycles. The highest BCUT2D eigenvalue weighted by Crippen LogP contribution is 2.53. The van der Waals surface area contributed by atoms with Crippen LogP contribution in [0.3, 0.4) is 0 Å². The van der Waals surface area contributed by atoms with Gasteiger partial charge in [-0.3, -0.25) is 14.3 Å². The maximum absolute atomic E-state index is 15.1. The smallest absolute Gasteiger partial charge is 0.262 e. The van der Waals surface area contributed by atoms with E-state index in [9.17, 15) is 22.4 Å². The van der Waals surface area contributed by atoms with Crippen molar-refractivity contribution in [3.05, 3.63) is 82.9 Å². The van der Waals surface area contributed by atoms with Gasteiger partial charge in [0.15, 0.2) is 5.82 Å². The van der Waals surface area contributed by atoms with E-state index in [-0.39, 0.29) is 27.6 Å². The maximum Gasteiger partial charge on any atom is 0.262 e. The number of anilines is 3. The molecule has 3 aromatic carbocycles. The largest absolute Gasteiger partial charge is 0.326 e. The van der Waals surface area contributed by atoms with Gasteiger partial charge in [0.25, 0.3) is 15.9 Å². The summed E-state index contributed by atoms with van der Waals surface area (Å²) in [4.78, 5) is 24.8. The van der Waals surface area contributed by atoms with E-state index in [1.54, 1.807) is 6.07 Å². The van der Waals surface area contributed by atoms with Gasteiger partial charge in [-0.15, -0.1) is 23.2 Å². The molecule has 7 nitrogen and oxygen atoms in total. The van der Waals surface area contributed by atoms with Crippen LogP contribution in [-0.2, 0) is 14.8 Å². The van der Waals surface area contributed by atoms with Crippen molar-refractivity contribution in [2.24, 2.45) is 5.92 Å². The zero-order valence-corrected chi connectivity index (χ0v) is 21.1. The Morgan fingerprint density at radius 1 is 0.972 bits per heavy atom. The van der Waals surface area contributed by atoms with Gasteiger partial charge < -0.3 is 10.6 Å². The molecule has 36 heavy (non-hydrogen) atoms. The second-order valence-electron chi connectivity index (χ2n) is 7.86. The topological polar surface area (TPSA) is 104 Å². The third kappa shape index (κ3) is 5.57. The molecule has 0 spiro atoms. The summed E-state index contributed by atoms with van der Waals surface area (Å²) < 4.78 is 55.2. The first kappa shape index (κ1) is 26.2. The van der Waals surface area contributed by atoms with Crippen LogP contribution in [0.5, 0.6) is 0 Å². The van der Waals surface area contributed by atoms with Gasteiger partial charge in [-0.2, -0.15) is 0 Å². The van der Waals surface area contributed by atoms with Crippen LogP contribution in [0.15, 0.2) is 65.6 Å². The molecule has 188 valence electrons. The molecule has 4 rings (SSSR count). The molecule has 0 saturated heterocycles. The normalized spacial score (nSPS) is 16.2. The van der Waals surface area contributed by atoms with Gasteiger partial charge in [-0.05, 0) is 48.9 Å². The summed E-state index contributed by atoms with van der Waals surface area (Å²) in [5.74, 6) is -4.50. The van der Waals surface area contributed by atoms with E-state index in [0.717, 1.165) is 12.1 Å². The molecule has 1 aliphatic carbocycles. The molecule has 1 aliphatic rings. The molecule has 13 heteroatoms. The number of benzene rings is 3. The molecule has 0 unspecified atom stereocenters. The lowest BCUT2D eigenvalue weighted by atomic mass is 10.1. The standard InChI is InChI=1S/C23H16Cl3F2N3O4S/c24-16-7-6-12(29-22(33)15-11-23(15,25)26)10-14(16)21(32)30-18-9-8-17(27)20(19(18)28)31-36(34,35)13-4-2-1-3-5-13/h1-10,15,31H,11H2,(H,29,33)(H,30,32)/t15-/m1/s1. The third-order valence-corrected chi connectivity index (χ3v) is 7.78. The predicted molar refractivity (Wildman–Crippen MR) is 134 cm³/mol. The fraction of sp³-hybridized carbons (Fsp3) is 0.130. The van der Waals surface area contributed by atoms with Crippen LogP contribution in [0.2, 0.25) is 5.02 Å². The van der Waals surface area contributed by atoms with Crippen molar-refractivity contribution in [3.63, 3.8) is 0 Å². The van der Waals surface area contributed by atoms with Crippen molar-refractivity contribution in [2.75, 3.05) is 15.4 Å². The summed E-state index contributed by atoms with van der Waals surface area (Å²) in [5, 5.41) is 4.78. The number of hydrogen-bond acceptors (Lipinski definition) is 4. The average molecular weight is 575 g/mol. The van der Waals surface area contributed by atoms with Crippen LogP contribution in [-0.4, -0.2) is 24.6 Å². The van der Waals surface area contributed by atoms with E-state index < -0.39 is 55.1 Å². The lowest BCUT2D eigenvalue weighted by Gasteiger charge is -2.14. The van der Waals surface area contributed by atoms with Gasteiger partial charge in [0.05, 0.1) is 27.1 Å². The first-order chi connectivity index (χ1) is 16.9. The van der Waals surface area contributed by atoms with Crippen molar-refractivity contribution in [1.29, 1.82) is 0 Å². The summed E-state index contributed by atoms with van der Waals surface area (Å²) >= 11 is 17.9. The summed E-state index contributed by atoms with van der Waals surface area (Å²) in [6.07, 6.45) is 0.281. The molecular weight excluding hydrogens is 559 g/mol. The van der Waals surface area contributed by atoms with Crippen molar-refractivity contribution < 1.29 is 26.8 Å². The summed E-state index contributed by atoms with van der Waals surface area (Å²) in [5.41, 5.74) is -1.41. The lowest BCUT2D eigenvalue weighted by Crippen LogP contribution is -2.19. The van der Waals surface area contributed by atoms with E-state index >= 15 is 4.39 Å². The van der Waals surface area contributed by atoms with Crippen LogP contribution in [0.4, 0.5) is 25.8 Å². The Hall–Kier alpha value is -2.92. The zero-order valence-electron chi connectivity index (χ0n) is 18.0. The summed E-state index contributed by atoms with van der Waals surface area (Å²) in [6, 6.07) is 12.7. The van der Waals surface area contributed by atoms with Crippen molar-refractivity contribution >= 4 is 73.7 Å². The minimum Gasteiger partial charge on any atom is -0.326 e. The maximum atomic E-state index is 15.1. The third-order valence-electron chi connectivity index (χ3n) is 5.25. The zero-order chi connectivity index (χ0) is 26.3. The fourth-order valence-electron chi connectivity index (χ4n) is 3.23. The highest BCUT2D eigenvalue weighted by Gasteiger charge is 2.56. The number of rotatable bonds is 7. The van der Waals surface area contributed by atoms with Crippen LogP contribution in [0, 0.1) is 17.6 Å². The Balaban J connectivity index is 1.55. The Morgan fingerprint density at radius 3 is 2.28 bits per heavy atom. The van der Waals surface area contributed by atoms with Crippen molar-refractivity contribution in [3.8, 4) is 0 Å². The Morgan fingerprint density at radius 2 is 1.64 bits per heavy atom. The molecular formula is C23H16Cl3F2N3O4S. The van der Waals surface area contributed by atoms with Crippen LogP contribution in [0.1, 0.15) is 16.8 Å². The number of hydrogen-bond donors (Lipinski definition) is 3.